The Morgan fingerprint density at radius 3 is 2.59 bits per heavy atom. The van der Waals surface area contributed by atoms with Crippen molar-refractivity contribution in [3.05, 3.63) is 88.1 Å². The topological polar surface area (TPSA) is 64.6 Å². The molecule has 6 heteroatoms. The highest BCUT2D eigenvalue weighted by Gasteiger charge is 2.11. The van der Waals surface area contributed by atoms with Gasteiger partial charge in [0.15, 0.2) is 6.61 Å². The molecule has 2 aromatic carbocycles. The number of rotatable bonds is 8. The van der Waals surface area contributed by atoms with Gasteiger partial charge in [-0.1, -0.05) is 42.5 Å². The van der Waals surface area contributed by atoms with Gasteiger partial charge in [-0.25, -0.2) is 4.79 Å². The summed E-state index contributed by atoms with van der Waals surface area (Å²) in [5.74, 6) is -0.338. The van der Waals surface area contributed by atoms with E-state index >= 15 is 0 Å². The van der Waals surface area contributed by atoms with Crippen molar-refractivity contribution >= 4 is 23.2 Å². The average Bonchev–Trinajstić information content (AvgIpc) is 3.23. The summed E-state index contributed by atoms with van der Waals surface area (Å²) in [4.78, 5) is 25.0. The Hall–Kier alpha value is -3.12. The number of hydrogen-bond acceptors (Lipinski definition) is 5. The van der Waals surface area contributed by atoms with Crippen molar-refractivity contribution in [1.29, 1.82) is 0 Å². The van der Waals surface area contributed by atoms with Crippen molar-refractivity contribution in [3.63, 3.8) is 0 Å². The largest absolute Gasteiger partial charge is 0.489 e. The molecule has 0 atom stereocenters. The number of nitrogens with one attached hydrogen (secondary N) is 1. The molecule has 0 aliphatic heterocycles. The molecule has 0 unspecified atom stereocenters. The molecule has 0 aliphatic rings. The molecular formula is C21H19NO4S. The molecule has 1 heterocycles. The van der Waals surface area contributed by atoms with Crippen LogP contribution in [0.3, 0.4) is 0 Å². The van der Waals surface area contributed by atoms with Crippen molar-refractivity contribution in [3.8, 4) is 5.75 Å². The van der Waals surface area contributed by atoms with Crippen LogP contribution >= 0.6 is 11.3 Å². The first-order valence-electron chi connectivity index (χ1n) is 8.44. The SMILES string of the molecule is O=C(COC(=O)c1cccc(OCc2ccccc2)c1)NCc1cccs1. The molecule has 138 valence electrons. The van der Waals surface area contributed by atoms with Crippen LogP contribution in [0.5, 0.6) is 5.75 Å². The summed E-state index contributed by atoms with van der Waals surface area (Å²) in [5.41, 5.74) is 1.37. The first-order chi connectivity index (χ1) is 13.2. The summed E-state index contributed by atoms with van der Waals surface area (Å²) >= 11 is 1.55. The zero-order valence-corrected chi connectivity index (χ0v) is 15.4. The van der Waals surface area contributed by atoms with Crippen LogP contribution in [0.15, 0.2) is 72.1 Å². The van der Waals surface area contributed by atoms with E-state index in [9.17, 15) is 9.59 Å². The van der Waals surface area contributed by atoms with Crippen molar-refractivity contribution < 1.29 is 19.1 Å². The lowest BCUT2D eigenvalue weighted by Gasteiger charge is -2.09. The van der Waals surface area contributed by atoms with Crippen LogP contribution in [0.1, 0.15) is 20.8 Å². The van der Waals surface area contributed by atoms with Gasteiger partial charge in [0.05, 0.1) is 12.1 Å². The molecule has 0 saturated carbocycles. The third-order valence-corrected chi connectivity index (χ3v) is 4.57. The highest BCUT2D eigenvalue weighted by Crippen LogP contribution is 2.16. The molecule has 0 fully saturated rings. The number of amides is 1. The summed E-state index contributed by atoms with van der Waals surface area (Å²) in [6.45, 7) is 0.515. The van der Waals surface area contributed by atoms with Gasteiger partial charge in [0.25, 0.3) is 5.91 Å². The molecule has 0 saturated heterocycles. The molecule has 27 heavy (non-hydrogen) atoms. The number of esters is 1. The van der Waals surface area contributed by atoms with Gasteiger partial charge >= 0.3 is 5.97 Å². The molecule has 1 N–H and O–H groups in total. The average molecular weight is 381 g/mol. The maximum Gasteiger partial charge on any atom is 0.338 e. The number of benzene rings is 2. The summed E-state index contributed by atoms with van der Waals surface area (Å²) in [5, 5.41) is 4.65. The standard InChI is InChI=1S/C21H19NO4S/c23-20(22-13-19-10-5-11-27-19)15-26-21(24)17-8-4-9-18(12-17)25-14-16-6-2-1-3-7-16/h1-12H,13-15H2,(H,22,23). The summed E-state index contributed by atoms with van der Waals surface area (Å²) < 4.78 is 10.8. The maximum atomic E-state index is 12.2. The van der Waals surface area contributed by atoms with Crippen LogP contribution in [0, 0.1) is 0 Å². The molecule has 0 bridgehead atoms. The number of ether oxygens (including phenoxy) is 2. The van der Waals surface area contributed by atoms with E-state index < -0.39 is 5.97 Å². The smallest absolute Gasteiger partial charge is 0.338 e. The molecule has 3 aromatic rings. The van der Waals surface area contributed by atoms with E-state index in [4.69, 9.17) is 9.47 Å². The zero-order valence-electron chi connectivity index (χ0n) is 14.6. The quantitative estimate of drug-likeness (QED) is 0.603. The zero-order chi connectivity index (χ0) is 18.9. The van der Waals surface area contributed by atoms with Gasteiger partial charge in [-0.3, -0.25) is 4.79 Å². The third kappa shape index (κ3) is 5.97. The molecular weight excluding hydrogens is 362 g/mol. The minimum Gasteiger partial charge on any atom is -0.489 e. The van der Waals surface area contributed by atoms with Gasteiger partial charge in [0.1, 0.15) is 12.4 Å². The van der Waals surface area contributed by atoms with E-state index in [2.05, 4.69) is 5.32 Å². The highest BCUT2D eigenvalue weighted by atomic mass is 32.1. The third-order valence-electron chi connectivity index (χ3n) is 3.69. The van der Waals surface area contributed by atoms with E-state index in [-0.39, 0.29) is 12.5 Å². The van der Waals surface area contributed by atoms with Crippen LogP contribution in [0.2, 0.25) is 0 Å². The first kappa shape index (κ1) is 18.7. The number of thiophene rings is 1. The lowest BCUT2D eigenvalue weighted by atomic mass is 10.2. The Bertz CT molecular complexity index is 878. The number of carbonyl (C=O) groups excluding carboxylic acids is 2. The fraction of sp³-hybridized carbons (Fsp3) is 0.143. The van der Waals surface area contributed by atoms with E-state index in [1.165, 1.54) is 0 Å². The lowest BCUT2D eigenvalue weighted by molar-refractivity contribution is -0.124. The Morgan fingerprint density at radius 2 is 1.81 bits per heavy atom. The molecule has 1 aromatic heterocycles. The maximum absolute atomic E-state index is 12.2. The van der Waals surface area contributed by atoms with Gasteiger partial charge in [-0.15, -0.1) is 11.3 Å². The predicted octanol–water partition coefficient (Wildman–Crippen LogP) is 3.80. The summed E-state index contributed by atoms with van der Waals surface area (Å²) in [7, 11) is 0. The normalized spacial score (nSPS) is 10.2. The van der Waals surface area contributed by atoms with E-state index in [1.807, 2.05) is 47.8 Å². The van der Waals surface area contributed by atoms with Crippen LogP contribution in [0.25, 0.3) is 0 Å². The second kappa shape index (κ2) is 9.54. The van der Waals surface area contributed by atoms with Crippen molar-refractivity contribution in [2.24, 2.45) is 0 Å². The van der Waals surface area contributed by atoms with Crippen LogP contribution < -0.4 is 10.1 Å². The Balaban J connectivity index is 1.47. The summed E-state index contributed by atoms with van der Waals surface area (Å²) in [6, 6.07) is 20.3. The molecule has 0 radical (unpaired) electrons. The Morgan fingerprint density at radius 1 is 0.963 bits per heavy atom. The van der Waals surface area contributed by atoms with Gasteiger partial charge in [0.2, 0.25) is 0 Å². The lowest BCUT2D eigenvalue weighted by Crippen LogP contribution is -2.28. The van der Waals surface area contributed by atoms with Gasteiger partial charge in [-0.2, -0.15) is 0 Å². The fourth-order valence-corrected chi connectivity index (χ4v) is 2.96. The van der Waals surface area contributed by atoms with Crippen molar-refractivity contribution in [2.75, 3.05) is 6.61 Å². The predicted molar refractivity (Wildman–Crippen MR) is 104 cm³/mol. The van der Waals surface area contributed by atoms with Crippen LogP contribution in [-0.2, 0) is 22.7 Å². The molecule has 5 nitrogen and oxygen atoms in total. The minimum atomic E-state index is -0.563. The van der Waals surface area contributed by atoms with Gasteiger partial charge in [-0.05, 0) is 35.2 Å². The monoisotopic (exact) mass is 381 g/mol. The van der Waals surface area contributed by atoms with Crippen LogP contribution in [0.4, 0.5) is 0 Å². The van der Waals surface area contributed by atoms with Crippen molar-refractivity contribution in [1.82, 2.24) is 5.32 Å². The molecule has 3 rings (SSSR count). The van der Waals surface area contributed by atoms with E-state index in [0.29, 0.717) is 24.5 Å². The van der Waals surface area contributed by atoms with E-state index in [0.717, 1.165) is 10.4 Å². The minimum absolute atomic E-state index is 0.320. The summed E-state index contributed by atoms with van der Waals surface area (Å²) in [6.07, 6.45) is 0. The molecule has 0 aliphatic carbocycles. The second-order valence-corrected chi connectivity index (χ2v) is 6.77. The van der Waals surface area contributed by atoms with Crippen LogP contribution in [-0.4, -0.2) is 18.5 Å². The molecule has 1 amide bonds. The number of hydrogen-bond donors (Lipinski definition) is 1. The highest BCUT2D eigenvalue weighted by molar-refractivity contribution is 7.09. The Kier molecular flexibility index (Phi) is 6.60. The van der Waals surface area contributed by atoms with Gasteiger partial charge < -0.3 is 14.8 Å². The van der Waals surface area contributed by atoms with Gasteiger partial charge in [0, 0.05) is 4.88 Å². The van der Waals surface area contributed by atoms with E-state index in [1.54, 1.807) is 35.6 Å². The molecule has 0 spiro atoms. The Labute approximate surface area is 161 Å². The first-order valence-corrected chi connectivity index (χ1v) is 9.31. The second-order valence-electron chi connectivity index (χ2n) is 5.73. The number of carbonyl (C=O) groups is 2. The fourth-order valence-electron chi connectivity index (χ4n) is 2.32. The van der Waals surface area contributed by atoms with Crippen molar-refractivity contribution in [2.45, 2.75) is 13.2 Å².